The van der Waals surface area contributed by atoms with Crippen LogP contribution >= 0.6 is 0 Å². The molecule has 61 heavy (non-hydrogen) atoms. The molecular formula is C44H100O8Si9. The highest BCUT2D eigenvalue weighted by molar-refractivity contribution is 7.07. The van der Waals surface area contributed by atoms with E-state index in [9.17, 15) is 0 Å². The van der Waals surface area contributed by atoms with E-state index in [2.05, 4.69) is 108 Å². The van der Waals surface area contributed by atoms with Gasteiger partial charge in [0.25, 0.3) is 0 Å². The minimum Gasteiger partial charge on any atom is -0.456 e. The first-order valence-corrected chi connectivity index (χ1v) is 48.6. The van der Waals surface area contributed by atoms with Crippen LogP contribution in [0.25, 0.3) is 0 Å². The van der Waals surface area contributed by atoms with Crippen LogP contribution in [0.4, 0.5) is 0 Å². The molecule has 2 heterocycles. The van der Waals surface area contributed by atoms with Gasteiger partial charge in [0.2, 0.25) is 0 Å². The van der Waals surface area contributed by atoms with Crippen LogP contribution in [-0.4, -0.2) is 131 Å². The Morgan fingerprint density at radius 1 is 0.443 bits per heavy atom. The van der Waals surface area contributed by atoms with E-state index in [0.717, 1.165) is 24.6 Å². The molecule has 4 atom stereocenters. The monoisotopic (exact) mass is 1010 g/mol. The first-order valence-electron chi connectivity index (χ1n) is 23.4. The predicted octanol–water partition coefficient (Wildman–Crippen LogP) is 13.5. The molecule has 0 aliphatic carbocycles. The molecule has 0 amide bonds. The molecule has 2 saturated heterocycles. The first-order chi connectivity index (χ1) is 28.3. The standard InChI is InChI=1S/C21H50O4Si5.C16H32Si3.C7H18O4Si/c1-11-28(9)15-13-12-14-16-29(10,21-28)19-17-26(5,6)25-27(7,8)18-20-30(22-2,23-3)24-4;1-7-17(4)13-11-10-12-14-18(5,8-2)16-19(6,9-3)15-17;1-8-6-5-7-12(9-2,10-3)11-4/h11H,1,12-21H2,2-10H3;7-9H,1-3,10-16H2,4-6H3;5-7H2,1-4H3. The van der Waals surface area contributed by atoms with Gasteiger partial charge in [-0.2, -0.15) is 0 Å². The fourth-order valence-electron chi connectivity index (χ4n) is 10.1. The summed E-state index contributed by atoms with van der Waals surface area (Å²) in [6.45, 7) is 40.1. The Balaban J connectivity index is 0.000000987. The fraction of sp³-hybridized carbons (Fsp3) is 0.818. The summed E-state index contributed by atoms with van der Waals surface area (Å²) in [6, 6.07) is 11.3. The number of ether oxygens (including phenoxy) is 1. The molecule has 2 aliphatic heterocycles. The highest BCUT2D eigenvalue weighted by Gasteiger charge is 2.44. The Hall–Kier alpha value is 0.592. The average molecular weight is 1010 g/mol. The molecule has 0 aromatic rings. The van der Waals surface area contributed by atoms with E-state index in [0.29, 0.717) is 6.61 Å². The van der Waals surface area contributed by atoms with Crippen molar-refractivity contribution in [2.45, 2.75) is 175 Å². The third kappa shape index (κ3) is 23.2. The van der Waals surface area contributed by atoms with E-state index in [1.807, 2.05) is 0 Å². The first kappa shape index (κ1) is 61.6. The molecule has 4 unspecified atom stereocenters. The largest absolute Gasteiger partial charge is 0.500 e. The van der Waals surface area contributed by atoms with E-state index in [1.165, 1.54) is 86.1 Å². The molecule has 2 rings (SSSR count). The van der Waals surface area contributed by atoms with Crippen LogP contribution in [-0.2, 0) is 35.4 Å². The van der Waals surface area contributed by atoms with Crippen molar-refractivity contribution in [3.05, 3.63) is 49.1 Å². The van der Waals surface area contributed by atoms with Crippen LogP contribution in [0.1, 0.15) is 44.9 Å². The normalized spacial score (nSPS) is 28.4. The number of methoxy groups -OCH3 is 1. The van der Waals surface area contributed by atoms with Gasteiger partial charge >= 0.3 is 17.6 Å². The van der Waals surface area contributed by atoms with Crippen LogP contribution in [0.5, 0.6) is 0 Å². The maximum Gasteiger partial charge on any atom is 0.500 e. The van der Waals surface area contributed by atoms with Crippen molar-refractivity contribution in [1.29, 1.82) is 0 Å². The topological polar surface area (TPSA) is 73.8 Å². The molecule has 0 N–H and O–H groups in total. The van der Waals surface area contributed by atoms with Crippen LogP contribution < -0.4 is 0 Å². The van der Waals surface area contributed by atoms with Gasteiger partial charge in [-0.25, -0.2) is 0 Å². The smallest absolute Gasteiger partial charge is 0.456 e. The van der Waals surface area contributed by atoms with Gasteiger partial charge in [-0.3, -0.25) is 0 Å². The van der Waals surface area contributed by atoms with Gasteiger partial charge < -0.3 is 35.4 Å². The Bertz CT molecular complexity index is 1230. The molecule has 2 fully saturated rings. The quantitative estimate of drug-likeness (QED) is 0.0784. The lowest BCUT2D eigenvalue weighted by molar-refractivity contribution is 0.117. The lowest BCUT2D eigenvalue weighted by atomic mass is 10.3. The SMILES string of the molecule is C=C[Si]1(C)CCCCC[Si](C)(C=C)C[Si](C)(C=C)C1.C=C[Si]1(C)CCCCC[Si](C)(CC[Si](C)(C)O[Si](C)(C)CC[Si](OC)(OC)OC)C1.COCCC[Si](OC)(OC)OC. The Morgan fingerprint density at radius 2 is 0.803 bits per heavy atom. The summed E-state index contributed by atoms with van der Waals surface area (Å²) in [5, 5.41) is 0. The second kappa shape index (κ2) is 28.7. The molecular weight excluding hydrogens is 909 g/mol. The summed E-state index contributed by atoms with van der Waals surface area (Å²) >= 11 is 0. The molecule has 360 valence electrons. The highest BCUT2D eigenvalue weighted by Crippen LogP contribution is 2.39. The van der Waals surface area contributed by atoms with Gasteiger partial charge in [0, 0.05) is 76.5 Å². The van der Waals surface area contributed by atoms with Gasteiger partial charge in [0.15, 0.2) is 16.6 Å². The molecule has 0 saturated carbocycles. The number of hydrogen-bond acceptors (Lipinski definition) is 8. The summed E-state index contributed by atoms with van der Waals surface area (Å²) in [4.78, 5) is 0. The lowest BCUT2D eigenvalue weighted by Gasteiger charge is -2.41. The van der Waals surface area contributed by atoms with Crippen LogP contribution in [0.15, 0.2) is 49.1 Å². The Labute approximate surface area is 388 Å². The summed E-state index contributed by atoms with van der Waals surface area (Å²) in [6.07, 6.45) is 9.46. The van der Waals surface area contributed by atoms with E-state index >= 15 is 0 Å². The lowest BCUT2D eigenvalue weighted by Crippen LogP contribution is -2.49. The van der Waals surface area contributed by atoms with Gasteiger partial charge in [-0.1, -0.05) is 118 Å². The zero-order valence-corrected chi connectivity index (χ0v) is 52.0. The molecule has 8 nitrogen and oxygen atoms in total. The third-order valence-electron chi connectivity index (χ3n) is 14.1. The van der Waals surface area contributed by atoms with Gasteiger partial charge in [0.05, 0.1) is 32.3 Å². The molecule has 0 spiro atoms. The van der Waals surface area contributed by atoms with E-state index < -0.39 is 74.6 Å². The van der Waals surface area contributed by atoms with Crippen molar-refractivity contribution in [2.24, 2.45) is 0 Å². The summed E-state index contributed by atoms with van der Waals surface area (Å²) in [7, 11) is -2.97. The second-order valence-electron chi connectivity index (χ2n) is 21.2. The molecule has 0 aromatic heterocycles. The minimum atomic E-state index is -2.52. The molecule has 0 bridgehead atoms. The maximum atomic E-state index is 6.97. The molecule has 0 radical (unpaired) electrons. The Kier molecular flexibility index (Phi) is 29.0. The maximum absolute atomic E-state index is 6.97. The summed E-state index contributed by atoms with van der Waals surface area (Å²) in [5.41, 5.74) is 14.0. The predicted molar refractivity (Wildman–Crippen MR) is 290 cm³/mol. The fourth-order valence-corrected chi connectivity index (χ4v) is 63.9. The summed E-state index contributed by atoms with van der Waals surface area (Å²) in [5.74, 6) is 0. The zero-order valence-electron chi connectivity index (χ0n) is 43.0. The van der Waals surface area contributed by atoms with Gasteiger partial charge in [-0.05, 0) is 44.7 Å². The van der Waals surface area contributed by atoms with E-state index in [4.69, 9.17) is 35.4 Å². The van der Waals surface area contributed by atoms with Crippen LogP contribution in [0, 0.1) is 0 Å². The summed E-state index contributed by atoms with van der Waals surface area (Å²) < 4.78 is 44.4. The van der Waals surface area contributed by atoms with Crippen molar-refractivity contribution >= 4 is 74.6 Å². The van der Waals surface area contributed by atoms with Crippen molar-refractivity contribution in [3.8, 4) is 0 Å². The average Bonchev–Trinajstić information content (AvgIpc) is 3.22. The van der Waals surface area contributed by atoms with Crippen LogP contribution in [0.2, 0.25) is 130 Å². The van der Waals surface area contributed by atoms with Crippen molar-refractivity contribution in [3.63, 3.8) is 0 Å². The molecule has 0 aromatic carbocycles. The minimum absolute atomic E-state index is 0.713. The molecule has 2 aliphatic rings. The van der Waals surface area contributed by atoms with Crippen molar-refractivity contribution < 1.29 is 35.4 Å². The number of hydrogen-bond donors (Lipinski definition) is 0. The third-order valence-corrected chi connectivity index (χ3v) is 59.0. The van der Waals surface area contributed by atoms with E-state index in [-0.39, 0.29) is 0 Å². The zero-order chi connectivity index (χ0) is 47.1. The highest BCUT2D eigenvalue weighted by atomic mass is 28.4. The van der Waals surface area contributed by atoms with Crippen LogP contribution in [0.3, 0.4) is 0 Å². The Morgan fingerprint density at radius 3 is 1.18 bits per heavy atom. The van der Waals surface area contributed by atoms with Crippen molar-refractivity contribution in [1.82, 2.24) is 0 Å². The number of rotatable bonds is 22. The molecule has 17 heteroatoms. The van der Waals surface area contributed by atoms with Gasteiger partial charge in [-0.15, -0.1) is 49.1 Å². The van der Waals surface area contributed by atoms with Crippen molar-refractivity contribution in [2.75, 3.05) is 56.4 Å². The van der Waals surface area contributed by atoms with Gasteiger partial charge in [0.1, 0.15) is 0 Å². The second-order valence-corrected chi connectivity index (χ2v) is 61.5. The van der Waals surface area contributed by atoms with E-state index in [1.54, 1.807) is 55.4 Å².